The van der Waals surface area contributed by atoms with E-state index in [0.29, 0.717) is 37.5 Å². The number of hydrogen-bond acceptors (Lipinski definition) is 3. The summed E-state index contributed by atoms with van der Waals surface area (Å²) in [4.78, 5) is 31.2. The van der Waals surface area contributed by atoms with E-state index in [2.05, 4.69) is 10.3 Å². The van der Waals surface area contributed by atoms with Crippen LogP contribution in [0.3, 0.4) is 0 Å². The quantitative estimate of drug-likeness (QED) is 0.639. The highest BCUT2D eigenvalue weighted by Gasteiger charge is 2.26. The number of aromatic nitrogens is 2. The zero-order chi connectivity index (χ0) is 20.9. The highest BCUT2D eigenvalue weighted by Crippen LogP contribution is 2.18. The molecule has 2 amide bonds. The number of imidazole rings is 1. The number of nitrogens with one attached hydrogen (secondary N) is 1. The summed E-state index contributed by atoms with van der Waals surface area (Å²) in [6.07, 6.45) is 8.40. The average molecular weight is 423 g/mol. The number of benzene rings is 1. The monoisotopic (exact) mass is 422 g/mol. The van der Waals surface area contributed by atoms with Crippen LogP contribution in [0.5, 0.6) is 0 Å². The van der Waals surface area contributed by atoms with Crippen molar-refractivity contribution in [1.82, 2.24) is 19.6 Å². The highest BCUT2D eigenvalue weighted by atomic mass is 35.5. The number of piperidine rings is 1. The third-order valence-electron chi connectivity index (χ3n) is 5.30. The van der Waals surface area contributed by atoms with E-state index in [0.717, 1.165) is 16.9 Å². The summed E-state index contributed by atoms with van der Waals surface area (Å²) in [5.74, 6) is -0.0864. The number of halogens is 1. The normalized spacial score (nSPS) is 15.0. The predicted molar refractivity (Wildman–Crippen MR) is 117 cm³/mol. The molecule has 0 saturated carbocycles. The molecule has 4 rings (SSSR count). The van der Waals surface area contributed by atoms with Crippen LogP contribution in [0.15, 0.2) is 60.9 Å². The molecule has 30 heavy (non-hydrogen) atoms. The maximum absolute atomic E-state index is 12.5. The molecule has 1 aromatic carbocycles. The fraction of sp³-hybridized carbons (Fsp3) is 0.261. The Morgan fingerprint density at radius 3 is 2.63 bits per heavy atom. The first kappa shape index (κ1) is 20.2. The molecule has 0 bridgehead atoms. The van der Waals surface area contributed by atoms with E-state index < -0.39 is 0 Å². The Balaban J connectivity index is 1.25. The van der Waals surface area contributed by atoms with E-state index in [-0.39, 0.29) is 17.7 Å². The zero-order valence-electron chi connectivity index (χ0n) is 16.5. The van der Waals surface area contributed by atoms with Crippen molar-refractivity contribution in [1.29, 1.82) is 0 Å². The lowest BCUT2D eigenvalue weighted by atomic mass is 9.96. The van der Waals surface area contributed by atoms with E-state index in [1.54, 1.807) is 23.2 Å². The van der Waals surface area contributed by atoms with E-state index in [9.17, 15) is 9.59 Å². The van der Waals surface area contributed by atoms with Gasteiger partial charge in [0.15, 0.2) is 0 Å². The van der Waals surface area contributed by atoms with Crippen molar-refractivity contribution in [2.45, 2.75) is 19.4 Å². The second-order valence-electron chi connectivity index (χ2n) is 7.41. The van der Waals surface area contributed by atoms with Crippen molar-refractivity contribution in [2.24, 2.45) is 5.92 Å². The minimum atomic E-state index is -0.0846. The van der Waals surface area contributed by atoms with Gasteiger partial charge in [-0.25, -0.2) is 4.98 Å². The number of hydrogen-bond donors (Lipinski definition) is 1. The number of likely N-dealkylation sites (tertiary alicyclic amines) is 1. The topological polar surface area (TPSA) is 66.7 Å². The van der Waals surface area contributed by atoms with E-state index >= 15 is 0 Å². The molecule has 3 aromatic rings. The van der Waals surface area contributed by atoms with E-state index in [1.165, 1.54) is 0 Å². The van der Waals surface area contributed by atoms with Gasteiger partial charge in [0.05, 0.1) is 17.3 Å². The maximum atomic E-state index is 12.5. The van der Waals surface area contributed by atoms with Crippen LogP contribution in [0.4, 0.5) is 0 Å². The SMILES string of the molecule is O=C(NCc1cn2cc(Cl)ccc2n1)C1CCN(C(=O)/C=C/c2ccccc2)CC1. The molecular weight excluding hydrogens is 400 g/mol. The van der Waals surface area contributed by atoms with Crippen LogP contribution in [-0.4, -0.2) is 39.2 Å². The Hall–Kier alpha value is -3.12. The molecule has 6 nitrogen and oxygen atoms in total. The maximum Gasteiger partial charge on any atom is 0.246 e. The Labute approximate surface area is 180 Å². The largest absolute Gasteiger partial charge is 0.350 e. The van der Waals surface area contributed by atoms with Crippen LogP contribution in [0.25, 0.3) is 11.7 Å². The second kappa shape index (κ2) is 9.13. The lowest BCUT2D eigenvalue weighted by molar-refractivity contribution is -0.132. The minimum Gasteiger partial charge on any atom is -0.350 e. The van der Waals surface area contributed by atoms with Gasteiger partial charge in [0.1, 0.15) is 5.65 Å². The lowest BCUT2D eigenvalue weighted by Gasteiger charge is -2.30. The molecule has 1 aliphatic rings. The van der Waals surface area contributed by atoms with Crippen LogP contribution in [0, 0.1) is 5.92 Å². The van der Waals surface area contributed by atoms with Gasteiger partial charge in [0, 0.05) is 37.5 Å². The van der Waals surface area contributed by atoms with Crippen LogP contribution in [0.2, 0.25) is 5.02 Å². The first-order valence-corrected chi connectivity index (χ1v) is 10.4. The van der Waals surface area contributed by atoms with Gasteiger partial charge in [-0.15, -0.1) is 0 Å². The van der Waals surface area contributed by atoms with Gasteiger partial charge in [0.25, 0.3) is 0 Å². The number of carbonyl (C=O) groups excluding carboxylic acids is 2. The Bertz CT molecular complexity index is 1070. The van der Waals surface area contributed by atoms with Crippen molar-refractivity contribution >= 4 is 35.1 Å². The number of rotatable bonds is 5. The lowest BCUT2D eigenvalue weighted by Crippen LogP contribution is -2.42. The molecule has 0 atom stereocenters. The number of carbonyl (C=O) groups is 2. The summed E-state index contributed by atoms with van der Waals surface area (Å²) in [5.41, 5.74) is 2.57. The van der Waals surface area contributed by atoms with Gasteiger partial charge in [0.2, 0.25) is 11.8 Å². The molecule has 154 valence electrons. The molecule has 1 N–H and O–H groups in total. The van der Waals surface area contributed by atoms with Gasteiger partial charge < -0.3 is 14.6 Å². The Morgan fingerprint density at radius 1 is 1.10 bits per heavy atom. The van der Waals surface area contributed by atoms with Crippen LogP contribution in [-0.2, 0) is 16.1 Å². The summed E-state index contributed by atoms with van der Waals surface area (Å²) in [6.45, 7) is 1.54. The zero-order valence-corrected chi connectivity index (χ0v) is 17.3. The fourth-order valence-corrected chi connectivity index (χ4v) is 3.79. The van der Waals surface area contributed by atoms with Gasteiger partial charge in [-0.1, -0.05) is 41.9 Å². The fourth-order valence-electron chi connectivity index (χ4n) is 3.62. The molecule has 1 fully saturated rings. The van der Waals surface area contributed by atoms with Crippen molar-refractivity contribution in [3.63, 3.8) is 0 Å². The third kappa shape index (κ3) is 4.89. The van der Waals surface area contributed by atoms with Crippen molar-refractivity contribution in [3.05, 3.63) is 77.2 Å². The van der Waals surface area contributed by atoms with E-state index in [4.69, 9.17) is 11.6 Å². The molecule has 7 heteroatoms. The standard InChI is InChI=1S/C23H23ClN4O2/c24-19-7-8-21-26-20(16-28(21)15-19)14-25-23(30)18-10-12-27(13-11-18)22(29)9-6-17-4-2-1-3-5-17/h1-9,15-16,18H,10-14H2,(H,25,30)/b9-6+. The van der Waals surface area contributed by atoms with Gasteiger partial charge in [-0.3, -0.25) is 9.59 Å². The molecule has 1 saturated heterocycles. The molecule has 1 aliphatic heterocycles. The predicted octanol–water partition coefficient (Wildman–Crippen LogP) is 3.56. The molecule has 0 aliphatic carbocycles. The molecule has 2 aromatic heterocycles. The third-order valence-corrected chi connectivity index (χ3v) is 5.53. The first-order chi connectivity index (χ1) is 14.6. The average Bonchev–Trinajstić information content (AvgIpc) is 3.18. The smallest absolute Gasteiger partial charge is 0.246 e. The summed E-state index contributed by atoms with van der Waals surface area (Å²) < 4.78 is 1.84. The van der Waals surface area contributed by atoms with Gasteiger partial charge in [-0.05, 0) is 36.6 Å². The molecule has 0 spiro atoms. The van der Waals surface area contributed by atoms with E-state index in [1.807, 2.05) is 53.1 Å². The summed E-state index contributed by atoms with van der Waals surface area (Å²) >= 11 is 5.99. The number of nitrogens with zero attached hydrogens (tertiary/aromatic N) is 3. The minimum absolute atomic E-state index is 0.0111. The molecule has 0 radical (unpaired) electrons. The Morgan fingerprint density at radius 2 is 1.87 bits per heavy atom. The Kier molecular flexibility index (Phi) is 6.14. The van der Waals surface area contributed by atoms with Crippen LogP contribution in [0.1, 0.15) is 24.1 Å². The molecule has 3 heterocycles. The molecular formula is C23H23ClN4O2. The van der Waals surface area contributed by atoms with Crippen molar-refractivity contribution in [3.8, 4) is 0 Å². The van der Waals surface area contributed by atoms with Crippen molar-refractivity contribution < 1.29 is 9.59 Å². The second-order valence-corrected chi connectivity index (χ2v) is 7.84. The number of pyridine rings is 1. The summed E-state index contributed by atoms with van der Waals surface area (Å²) in [7, 11) is 0. The number of amides is 2. The molecule has 0 unspecified atom stereocenters. The van der Waals surface area contributed by atoms with Crippen LogP contribution >= 0.6 is 11.6 Å². The highest BCUT2D eigenvalue weighted by molar-refractivity contribution is 6.30. The van der Waals surface area contributed by atoms with Gasteiger partial charge >= 0.3 is 0 Å². The summed E-state index contributed by atoms with van der Waals surface area (Å²) in [6, 6.07) is 13.4. The first-order valence-electron chi connectivity index (χ1n) is 10.0. The number of fused-ring (bicyclic) bond motifs is 1. The van der Waals surface area contributed by atoms with Crippen molar-refractivity contribution in [2.75, 3.05) is 13.1 Å². The summed E-state index contributed by atoms with van der Waals surface area (Å²) in [5, 5.41) is 3.60. The van der Waals surface area contributed by atoms with Gasteiger partial charge in [-0.2, -0.15) is 0 Å². The van der Waals surface area contributed by atoms with Crippen LogP contribution < -0.4 is 5.32 Å².